The number of nitrogens with one attached hydrogen (secondary N) is 1. The van der Waals surface area contributed by atoms with Crippen molar-refractivity contribution in [2.75, 3.05) is 46.8 Å². The lowest BCUT2D eigenvalue weighted by Crippen LogP contribution is -2.48. The van der Waals surface area contributed by atoms with Gasteiger partial charge in [0, 0.05) is 20.1 Å². The fraction of sp³-hybridized carbons (Fsp3) is 0.500. The first-order valence-electron chi connectivity index (χ1n) is 13.0. The van der Waals surface area contributed by atoms with Crippen LogP contribution in [-0.2, 0) is 28.1 Å². The SMILES string of the molecule is COCCCOC(=O)[C@H](C)NP(=O)(OC[C@]1(N(C)C)CC[C@H](c2ccc3c(N)ncnn23)O1)Oc1ccccc1. The molecule has 218 valence electrons. The Kier molecular flexibility index (Phi) is 9.77. The number of fused-ring (bicyclic) bond motifs is 1. The number of para-hydroxylation sites is 1. The number of nitrogens with two attached hydrogens (primary N) is 1. The second-order valence-corrected chi connectivity index (χ2v) is 11.4. The molecule has 3 N–H and O–H groups in total. The first-order chi connectivity index (χ1) is 19.2. The van der Waals surface area contributed by atoms with Crippen molar-refractivity contribution in [1.29, 1.82) is 0 Å². The first kappa shape index (κ1) is 29.9. The van der Waals surface area contributed by atoms with Crippen LogP contribution in [0.4, 0.5) is 5.82 Å². The van der Waals surface area contributed by atoms with Crippen LogP contribution in [0.1, 0.15) is 38.0 Å². The number of carbonyl (C=O) groups is 1. The molecule has 1 aliphatic heterocycles. The minimum Gasteiger partial charge on any atom is -0.464 e. The van der Waals surface area contributed by atoms with Crippen LogP contribution < -0.4 is 15.3 Å². The van der Waals surface area contributed by atoms with Gasteiger partial charge in [-0.3, -0.25) is 14.2 Å². The van der Waals surface area contributed by atoms with E-state index in [1.54, 1.807) is 35.9 Å². The summed E-state index contributed by atoms with van der Waals surface area (Å²) in [4.78, 5) is 18.5. The molecule has 14 heteroatoms. The molecule has 0 spiro atoms. The second-order valence-electron chi connectivity index (χ2n) is 9.73. The number of rotatable bonds is 14. The predicted octanol–water partition coefficient (Wildman–Crippen LogP) is 3.18. The van der Waals surface area contributed by atoms with Crippen LogP contribution in [0.15, 0.2) is 48.8 Å². The maximum absolute atomic E-state index is 14.0. The van der Waals surface area contributed by atoms with E-state index in [4.69, 9.17) is 29.0 Å². The standard InChI is InChI=1S/C26H37N6O7P/c1-19(25(33)36-16-8-15-35-4)30-40(34,39-20-9-6-5-7-10-20)37-17-26(31(2)3)14-13-23(38-26)21-11-12-22-24(27)28-18-29-32(21)22/h5-7,9-12,18-19,23H,8,13-17H2,1-4H3,(H,30,34)(H2,27,28,29)/t19-,23+,26-,40?/m0/s1. The number of hydrogen-bond donors (Lipinski definition) is 2. The summed E-state index contributed by atoms with van der Waals surface area (Å²) in [5.41, 5.74) is 6.57. The molecular weight excluding hydrogens is 539 g/mol. The number of nitrogen functional groups attached to an aromatic ring is 1. The Hall–Kier alpha value is -3.06. The fourth-order valence-electron chi connectivity index (χ4n) is 4.42. The lowest BCUT2D eigenvalue weighted by atomic mass is 10.1. The zero-order valence-corrected chi connectivity index (χ0v) is 24.1. The van der Waals surface area contributed by atoms with Crippen LogP contribution in [0.3, 0.4) is 0 Å². The molecule has 0 saturated carbocycles. The molecule has 3 aromatic rings. The lowest BCUT2D eigenvalue weighted by molar-refractivity contribution is -0.152. The van der Waals surface area contributed by atoms with Crippen LogP contribution in [0, 0.1) is 0 Å². The molecule has 13 nitrogen and oxygen atoms in total. The van der Waals surface area contributed by atoms with Crippen molar-refractivity contribution in [3.05, 3.63) is 54.5 Å². The van der Waals surface area contributed by atoms with E-state index in [1.807, 2.05) is 37.2 Å². The van der Waals surface area contributed by atoms with Gasteiger partial charge in [0.05, 0.1) is 12.3 Å². The van der Waals surface area contributed by atoms with Crippen molar-refractivity contribution >= 4 is 25.1 Å². The molecule has 1 saturated heterocycles. The van der Waals surface area contributed by atoms with Crippen LogP contribution in [0.25, 0.3) is 5.52 Å². The number of esters is 1. The summed E-state index contributed by atoms with van der Waals surface area (Å²) in [6.07, 6.45) is 2.84. The molecule has 3 heterocycles. The van der Waals surface area contributed by atoms with Gasteiger partial charge in [-0.2, -0.15) is 10.2 Å². The van der Waals surface area contributed by atoms with Crippen molar-refractivity contribution in [1.82, 2.24) is 24.6 Å². The van der Waals surface area contributed by atoms with E-state index in [1.165, 1.54) is 13.3 Å². The third kappa shape index (κ3) is 6.98. The van der Waals surface area contributed by atoms with Crippen molar-refractivity contribution in [2.45, 2.75) is 44.1 Å². The van der Waals surface area contributed by atoms with Crippen molar-refractivity contribution in [2.24, 2.45) is 0 Å². The third-order valence-electron chi connectivity index (χ3n) is 6.69. The van der Waals surface area contributed by atoms with E-state index in [0.717, 1.165) is 5.69 Å². The van der Waals surface area contributed by atoms with E-state index in [0.29, 0.717) is 43.0 Å². The highest BCUT2D eigenvalue weighted by atomic mass is 31.2. The number of ether oxygens (including phenoxy) is 3. The quantitative estimate of drug-likeness (QED) is 0.165. The Morgan fingerprint density at radius 3 is 2.77 bits per heavy atom. The molecule has 40 heavy (non-hydrogen) atoms. The van der Waals surface area contributed by atoms with Crippen molar-refractivity contribution in [3.8, 4) is 5.75 Å². The van der Waals surface area contributed by atoms with E-state index in [-0.39, 0.29) is 19.3 Å². The highest BCUT2D eigenvalue weighted by Crippen LogP contribution is 2.48. The van der Waals surface area contributed by atoms with Gasteiger partial charge in [0.25, 0.3) is 0 Å². The summed E-state index contributed by atoms with van der Waals surface area (Å²) in [5, 5.41) is 7.06. The van der Waals surface area contributed by atoms with Crippen molar-refractivity contribution < 1.29 is 32.6 Å². The number of likely N-dealkylation sites (N-methyl/N-ethyl adjacent to an activating group) is 1. The maximum Gasteiger partial charge on any atom is 0.459 e. The average Bonchev–Trinajstić information content (AvgIpc) is 3.56. The van der Waals surface area contributed by atoms with Gasteiger partial charge in [0.15, 0.2) is 5.82 Å². The van der Waals surface area contributed by atoms with Gasteiger partial charge >= 0.3 is 13.7 Å². The molecule has 2 aromatic heterocycles. The highest BCUT2D eigenvalue weighted by Gasteiger charge is 2.46. The molecule has 1 aromatic carbocycles. The topological polar surface area (TPSA) is 152 Å². The molecule has 4 atom stereocenters. The summed E-state index contributed by atoms with van der Waals surface area (Å²) in [6, 6.07) is 11.4. The monoisotopic (exact) mass is 576 g/mol. The number of carbonyl (C=O) groups excluding carboxylic acids is 1. The average molecular weight is 577 g/mol. The minimum absolute atomic E-state index is 0.107. The highest BCUT2D eigenvalue weighted by molar-refractivity contribution is 7.52. The first-order valence-corrected chi connectivity index (χ1v) is 14.6. The van der Waals surface area contributed by atoms with E-state index in [9.17, 15) is 9.36 Å². The molecule has 0 bridgehead atoms. The summed E-state index contributed by atoms with van der Waals surface area (Å²) in [7, 11) is 1.21. The van der Waals surface area contributed by atoms with Crippen molar-refractivity contribution in [3.63, 3.8) is 0 Å². The Labute approximate surface area is 233 Å². The molecule has 0 radical (unpaired) electrons. The molecule has 0 aliphatic carbocycles. The smallest absolute Gasteiger partial charge is 0.459 e. The van der Waals surface area contributed by atoms with Gasteiger partial charge in [0.1, 0.15) is 42.1 Å². The largest absolute Gasteiger partial charge is 0.464 e. The Bertz CT molecular complexity index is 1320. The molecular formula is C26H37N6O7P. The summed E-state index contributed by atoms with van der Waals surface area (Å²) >= 11 is 0. The summed E-state index contributed by atoms with van der Waals surface area (Å²) in [6.45, 7) is 2.07. The van der Waals surface area contributed by atoms with Gasteiger partial charge in [-0.05, 0) is 58.1 Å². The Morgan fingerprint density at radius 2 is 2.05 bits per heavy atom. The van der Waals surface area contributed by atoms with E-state index in [2.05, 4.69) is 15.2 Å². The van der Waals surface area contributed by atoms with E-state index >= 15 is 0 Å². The number of aromatic nitrogens is 3. The Balaban J connectivity index is 1.50. The second kappa shape index (κ2) is 13.1. The van der Waals surface area contributed by atoms with Crippen LogP contribution in [-0.4, -0.2) is 78.3 Å². The number of hydrogen-bond acceptors (Lipinski definition) is 11. The maximum atomic E-state index is 14.0. The molecule has 1 fully saturated rings. The lowest BCUT2D eigenvalue weighted by Gasteiger charge is -2.36. The van der Waals surface area contributed by atoms with Crippen LogP contribution in [0.5, 0.6) is 5.75 Å². The normalized spacial score (nSPS) is 21.4. The van der Waals surface area contributed by atoms with Gasteiger partial charge in [-0.15, -0.1) is 0 Å². The van der Waals surface area contributed by atoms with Gasteiger partial charge in [0.2, 0.25) is 0 Å². The van der Waals surface area contributed by atoms with Gasteiger partial charge in [-0.1, -0.05) is 18.2 Å². The molecule has 1 aliphatic rings. The number of nitrogens with zero attached hydrogens (tertiary/aromatic N) is 4. The number of methoxy groups -OCH3 is 1. The van der Waals surface area contributed by atoms with E-state index < -0.39 is 25.5 Å². The molecule has 4 rings (SSSR count). The summed E-state index contributed by atoms with van der Waals surface area (Å²) < 4.78 is 44.3. The molecule has 0 amide bonds. The number of anilines is 1. The minimum atomic E-state index is -4.08. The van der Waals surface area contributed by atoms with Gasteiger partial charge in [-0.25, -0.2) is 14.1 Å². The van der Waals surface area contributed by atoms with Crippen LogP contribution in [0.2, 0.25) is 0 Å². The zero-order chi connectivity index (χ0) is 28.8. The zero-order valence-electron chi connectivity index (χ0n) is 23.2. The Morgan fingerprint density at radius 1 is 1.27 bits per heavy atom. The third-order valence-corrected chi connectivity index (χ3v) is 8.31. The predicted molar refractivity (Wildman–Crippen MR) is 148 cm³/mol. The van der Waals surface area contributed by atoms with Crippen LogP contribution >= 0.6 is 7.75 Å². The fourth-order valence-corrected chi connectivity index (χ4v) is 5.95. The van der Waals surface area contributed by atoms with Gasteiger partial charge < -0.3 is 24.5 Å². The molecule has 1 unspecified atom stereocenters. The number of benzene rings is 1. The summed E-state index contributed by atoms with van der Waals surface area (Å²) in [5.74, 6) is 0.107.